The summed E-state index contributed by atoms with van der Waals surface area (Å²) in [5.41, 5.74) is 12.6. The zero-order chi connectivity index (χ0) is 18.8. The molecule has 0 aliphatic heterocycles. The molecule has 0 bridgehead atoms. The molecule has 0 spiro atoms. The Morgan fingerprint density at radius 2 is 1.67 bits per heavy atom. The lowest BCUT2D eigenvalue weighted by molar-refractivity contribution is 1.30. The molecule has 132 valence electrons. The van der Waals surface area contributed by atoms with Crippen LogP contribution in [0.4, 0.5) is 5.82 Å². The van der Waals surface area contributed by atoms with E-state index in [2.05, 4.69) is 75.3 Å². The Bertz CT molecular complexity index is 1150. The molecule has 2 aromatic heterocycles. The highest BCUT2D eigenvalue weighted by atomic mass is 79.9. The van der Waals surface area contributed by atoms with Crippen LogP contribution >= 0.6 is 15.9 Å². The standard InChI is InChI=1S/C23H18BrN3/c1-15-2-5-17(6-3-15)18-8-9-22-20(11-18)12-19(23(25)27-22)7-4-16-10-21(24)14-26-13-16/h2-14H,1H3,(H2,25,27)/b7-4-. The fourth-order valence-electron chi connectivity index (χ4n) is 2.97. The van der Waals surface area contributed by atoms with Gasteiger partial charge in [-0.15, -0.1) is 0 Å². The smallest absolute Gasteiger partial charge is 0.131 e. The minimum absolute atomic E-state index is 0.518. The molecule has 4 aromatic rings. The van der Waals surface area contributed by atoms with E-state index in [0.29, 0.717) is 5.82 Å². The van der Waals surface area contributed by atoms with E-state index in [9.17, 15) is 0 Å². The number of hydrogen-bond donors (Lipinski definition) is 1. The third-order valence-corrected chi connectivity index (χ3v) is 4.88. The minimum Gasteiger partial charge on any atom is -0.383 e. The number of nitrogens with zero attached hydrogens (tertiary/aromatic N) is 2. The van der Waals surface area contributed by atoms with E-state index in [1.807, 2.05) is 24.3 Å². The van der Waals surface area contributed by atoms with E-state index in [-0.39, 0.29) is 0 Å². The molecule has 3 nitrogen and oxygen atoms in total. The third-order valence-electron chi connectivity index (χ3n) is 4.44. The van der Waals surface area contributed by atoms with E-state index in [1.54, 1.807) is 12.4 Å². The lowest BCUT2D eigenvalue weighted by Gasteiger charge is -2.07. The molecule has 0 amide bonds. The van der Waals surface area contributed by atoms with Gasteiger partial charge in [-0.05, 0) is 63.8 Å². The van der Waals surface area contributed by atoms with Crippen LogP contribution < -0.4 is 5.73 Å². The number of anilines is 1. The fourth-order valence-corrected chi connectivity index (χ4v) is 3.35. The van der Waals surface area contributed by atoms with Crippen molar-refractivity contribution in [1.82, 2.24) is 9.97 Å². The minimum atomic E-state index is 0.518. The Morgan fingerprint density at radius 1 is 0.889 bits per heavy atom. The number of pyridine rings is 2. The number of benzene rings is 2. The van der Waals surface area contributed by atoms with Gasteiger partial charge in [-0.3, -0.25) is 4.98 Å². The highest BCUT2D eigenvalue weighted by Crippen LogP contribution is 2.27. The topological polar surface area (TPSA) is 51.8 Å². The van der Waals surface area contributed by atoms with Gasteiger partial charge in [0.2, 0.25) is 0 Å². The van der Waals surface area contributed by atoms with Crippen molar-refractivity contribution in [2.45, 2.75) is 6.92 Å². The van der Waals surface area contributed by atoms with Crippen LogP contribution in [0.2, 0.25) is 0 Å². The van der Waals surface area contributed by atoms with E-state index >= 15 is 0 Å². The van der Waals surface area contributed by atoms with E-state index < -0.39 is 0 Å². The van der Waals surface area contributed by atoms with Crippen molar-refractivity contribution < 1.29 is 0 Å². The zero-order valence-electron chi connectivity index (χ0n) is 14.9. The first-order chi connectivity index (χ1) is 13.1. The number of aromatic nitrogens is 2. The molecular formula is C23H18BrN3. The highest BCUT2D eigenvalue weighted by molar-refractivity contribution is 9.10. The molecule has 2 heterocycles. The molecule has 0 aliphatic carbocycles. The van der Waals surface area contributed by atoms with Crippen LogP contribution in [0.15, 0.2) is 71.5 Å². The van der Waals surface area contributed by atoms with Gasteiger partial charge < -0.3 is 5.73 Å². The summed E-state index contributed by atoms with van der Waals surface area (Å²) in [5, 5.41) is 1.06. The molecular weight excluding hydrogens is 398 g/mol. The predicted octanol–water partition coefficient (Wildman–Crippen LogP) is 6.12. The Labute approximate surface area is 166 Å². The van der Waals surface area contributed by atoms with Gasteiger partial charge in [-0.1, -0.05) is 48.0 Å². The molecule has 2 aromatic carbocycles. The first kappa shape index (κ1) is 17.4. The summed E-state index contributed by atoms with van der Waals surface area (Å²) < 4.78 is 0.942. The van der Waals surface area contributed by atoms with Crippen LogP contribution in [0, 0.1) is 6.92 Å². The Hall–Kier alpha value is -2.98. The molecule has 0 saturated carbocycles. The number of halogens is 1. The maximum atomic E-state index is 6.16. The highest BCUT2D eigenvalue weighted by Gasteiger charge is 2.05. The second-order valence-corrected chi connectivity index (χ2v) is 7.42. The van der Waals surface area contributed by atoms with Crippen molar-refractivity contribution in [2.75, 3.05) is 5.73 Å². The van der Waals surface area contributed by atoms with E-state index in [0.717, 1.165) is 26.5 Å². The van der Waals surface area contributed by atoms with Crippen molar-refractivity contribution >= 4 is 44.8 Å². The first-order valence-electron chi connectivity index (χ1n) is 8.64. The average Bonchev–Trinajstić information content (AvgIpc) is 2.67. The lowest BCUT2D eigenvalue weighted by atomic mass is 10.0. The summed E-state index contributed by atoms with van der Waals surface area (Å²) in [6, 6.07) is 18.9. The van der Waals surface area contributed by atoms with E-state index in [4.69, 9.17) is 5.73 Å². The Balaban J connectivity index is 1.73. The van der Waals surface area contributed by atoms with Gasteiger partial charge in [0.25, 0.3) is 0 Å². The van der Waals surface area contributed by atoms with Crippen molar-refractivity contribution in [1.29, 1.82) is 0 Å². The molecule has 27 heavy (non-hydrogen) atoms. The first-order valence-corrected chi connectivity index (χ1v) is 9.44. The Kier molecular flexibility index (Phi) is 4.73. The van der Waals surface area contributed by atoms with Gasteiger partial charge in [0.1, 0.15) is 5.82 Å². The number of aryl methyl sites for hydroxylation is 1. The van der Waals surface area contributed by atoms with Gasteiger partial charge in [-0.25, -0.2) is 4.98 Å². The van der Waals surface area contributed by atoms with Crippen molar-refractivity contribution in [3.05, 3.63) is 88.2 Å². The predicted molar refractivity (Wildman–Crippen MR) is 117 cm³/mol. The molecule has 0 aliphatic rings. The maximum Gasteiger partial charge on any atom is 0.131 e. The van der Waals surface area contributed by atoms with Crippen molar-refractivity contribution in [2.24, 2.45) is 0 Å². The van der Waals surface area contributed by atoms with Gasteiger partial charge in [0, 0.05) is 27.8 Å². The van der Waals surface area contributed by atoms with Crippen LogP contribution in [0.1, 0.15) is 16.7 Å². The van der Waals surface area contributed by atoms with Gasteiger partial charge in [0.05, 0.1) is 5.52 Å². The van der Waals surface area contributed by atoms with Gasteiger partial charge in [0.15, 0.2) is 0 Å². The van der Waals surface area contributed by atoms with Gasteiger partial charge in [-0.2, -0.15) is 0 Å². The zero-order valence-corrected chi connectivity index (χ0v) is 16.4. The normalized spacial score (nSPS) is 11.3. The number of fused-ring (bicyclic) bond motifs is 1. The average molecular weight is 416 g/mol. The van der Waals surface area contributed by atoms with Crippen LogP contribution in [0.5, 0.6) is 0 Å². The Morgan fingerprint density at radius 3 is 2.44 bits per heavy atom. The third kappa shape index (κ3) is 3.91. The number of hydrogen-bond acceptors (Lipinski definition) is 3. The molecule has 0 unspecified atom stereocenters. The SMILES string of the molecule is Cc1ccc(-c2ccc3nc(N)c(/C=C\c4cncc(Br)c4)cc3c2)cc1. The molecule has 4 heteroatoms. The van der Waals surface area contributed by atoms with Crippen LogP contribution in [-0.2, 0) is 0 Å². The number of rotatable bonds is 3. The maximum absolute atomic E-state index is 6.16. The summed E-state index contributed by atoms with van der Waals surface area (Å²) in [4.78, 5) is 8.73. The summed E-state index contributed by atoms with van der Waals surface area (Å²) in [6.07, 6.45) is 7.53. The van der Waals surface area contributed by atoms with Crippen molar-refractivity contribution in [3.8, 4) is 11.1 Å². The van der Waals surface area contributed by atoms with E-state index in [1.165, 1.54) is 16.7 Å². The molecule has 0 fully saturated rings. The molecule has 0 radical (unpaired) electrons. The fraction of sp³-hybridized carbons (Fsp3) is 0.0435. The molecule has 0 saturated heterocycles. The summed E-state index contributed by atoms with van der Waals surface area (Å²) in [7, 11) is 0. The van der Waals surface area contributed by atoms with Crippen LogP contribution in [-0.4, -0.2) is 9.97 Å². The summed E-state index contributed by atoms with van der Waals surface area (Å²) in [6.45, 7) is 2.09. The number of nitrogen functional groups attached to an aromatic ring is 1. The van der Waals surface area contributed by atoms with Gasteiger partial charge >= 0.3 is 0 Å². The molecule has 4 rings (SSSR count). The summed E-state index contributed by atoms with van der Waals surface area (Å²) >= 11 is 3.44. The van der Waals surface area contributed by atoms with Crippen molar-refractivity contribution in [3.63, 3.8) is 0 Å². The van der Waals surface area contributed by atoms with Crippen LogP contribution in [0.3, 0.4) is 0 Å². The molecule has 2 N–H and O–H groups in total. The second-order valence-electron chi connectivity index (χ2n) is 6.51. The lowest BCUT2D eigenvalue weighted by Crippen LogP contribution is -1.95. The second kappa shape index (κ2) is 7.33. The number of nitrogens with two attached hydrogens (primary N) is 1. The summed E-state index contributed by atoms with van der Waals surface area (Å²) in [5.74, 6) is 0.518. The van der Waals surface area contributed by atoms with Crippen LogP contribution in [0.25, 0.3) is 34.2 Å². The quantitative estimate of drug-likeness (QED) is 0.438. The molecule has 0 atom stereocenters. The monoisotopic (exact) mass is 415 g/mol. The largest absolute Gasteiger partial charge is 0.383 e.